The van der Waals surface area contributed by atoms with Gasteiger partial charge in [0.15, 0.2) is 11.4 Å². The smallest absolute Gasteiger partial charge is 0.342 e. The maximum absolute atomic E-state index is 11.4. The summed E-state index contributed by atoms with van der Waals surface area (Å²) in [6.45, 7) is 1.91. The molecule has 0 N–H and O–H groups in total. The van der Waals surface area contributed by atoms with Gasteiger partial charge in [0.05, 0.1) is 6.26 Å². The van der Waals surface area contributed by atoms with Crippen LogP contribution in [0.5, 0.6) is 0 Å². The number of furan rings is 1. The molecule has 2 heterocycles. The summed E-state index contributed by atoms with van der Waals surface area (Å²) in [6, 6.07) is 1.67. The Balaban J connectivity index is 2.28. The molecule has 3 nitrogen and oxygen atoms in total. The minimum Gasteiger partial charge on any atom is -0.464 e. The molecule has 1 aromatic rings. The second-order valence-corrected chi connectivity index (χ2v) is 4.66. The maximum Gasteiger partial charge on any atom is 0.342 e. The number of halogens is 1. The summed E-state index contributed by atoms with van der Waals surface area (Å²) >= 11 is 2.31. The SMILES string of the molecule is CC1(CCCI)OC(=O)c2ccoc21. The van der Waals surface area contributed by atoms with Crippen LogP contribution in [0.4, 0.5) is 0 Å². The summed E-state index contributed by atoms with van der Waals surface area (Å²) in [5.41, 5.74) is 0.0436. The van der Waals surface area contributed by atoms with Gasteiger partial charge in [-0.1, -0.05) is 22.6 Å². The molecule has 0 aliphatic carbocycles. The van der Waals surface area contributed by atoms with Crippen molar-refractivity contribution >= 4 is 28.6 Å². The maximum atomic E-state index is 11.4. The van der Waals surface area contributed by atoms with Gasteiger partial charge in [-0.15, -0.1) is 0 Å². The summed E-state index contributed by atoms with van der Waals surface area (Å²) in [5.74, 6) is 0.428. The first-order valence-corrected chi connectivity index (χ1v) is 6.07. The van der Waals surface area contributed by atoms with Crippen LogP contribution in [0.3, 0.4) is 0 Å². The van der Waals surface area contributed by atoms with E-state index in [4.69, 9.17) is 9.15 Å². The molecular weight excluding hydrogens is 295 g/mol. The predicted octanol–water partition coefficient (Wildman–Crippen LogP) is 2.88. The molecule has 0 amide bonds. The highest BCUT2D eigenvalue weighted by atomic mass is 127. The number of carbonyl (C=O) groups is 1. The number of rotatable bonds is 3. The number of hydrogen-bond donors (Lipinski definition) is 0. The van der Waals surface area contributed by atoms with Gasteiger partial charge in [0.1, 0.15) is 5.56 Å². The molecule has 0 saturated carbocycles. The zero-order chi connectivity index (χ0) is 10.2. The third-order valence-corrected chi connectivity index (χ3v) is 3.23. The highest BCUT2D eigenvalue weighted by molar-refractivity contribution is 14.1. The fourth-order valence-electron chi connectivity index (χ4n) is 1.75. The molecule has 1 unspecified atom stereocenters. The Kier molecular flexibility index (Phi) is 2.55. The van der Waals surface area contributed by atoms with E-state index >= 15 is 0 Å². The quantitative estimate of drug-likeness (QED) is 0.490. The van der Waals surface area contributed by atoms with Crippen LogP contribution in [0.2, 0.25) is 0 Å². The van der Waals surface area contributed by atoms with Gasteiger partial charge >= 0.3 is 5.97 Å². The normalized spacial score (nSPS) is 24.9. The molecule has 1 aromatic heterocycles. The highest BCUT2D eigenvalue weighted by Crippen LogP contribution is 2.40. The second kappa shape index (κ2) is 3.56. The Morgan fingerprint density at radius 3 is 3.07 bits per heavy atom. The number of esters is 1. The minimum absolute atomic E-state index is 0.260. The monoisotopic (exact) mass is 306 g/mol. The van der Waals surface area contributed by atoms with Crippen LogP contribution in [0.25, 0.3) is 0 Å². The molecule has 0 aromatic carbocycles. The van der Waals surface area contributed by atoms with Gasteiger partial charge in [-0.3, -0.25) is 0 Å². The highest BCUT2D eigenvalue weighted by Gasteiger charge is 2.44. The van der Waals surface area contributed by atoms with Crippen LogP contribution in [-0.4, -0.2) is 10.4 Å². The van der Waals surface area contributed by atoms with Crippen molar-refractivity contribution in [1.82, 2.24) is 0 Å². The molecule has 0 bridgehead atoms. The fraction of sp³-hybridized carbons (Fsp3) is 0.500. The summed E-state index contributed by atoms with van der Waals surface area (Å²) in [6.07, 6.45) is 3.39. The topological polar surface area (TPSA) is 39.4 Å². The van der Waals surface area contributed by atoms with Crippen LogP contribution >= 0.6 is 22.6 Å². The number of carbonyl (C=O) groups excluding carboxylic acids is 1. The molecule has 1 aliphatic heterocycles. The summed E-state index contributed by atoms with van der Waals surface area (Å²) < 4.78 is 11.7. The Morgan fingerprint density at radius 1 is 1.57 bits per heavy atom. The first-order chi connectivity index (χ1) is 6.67. The van der Waals surface area contributed by atoms with E-state index in [-0.39, 0.29) is 5.97 Å². The van der Waals surface area contributed by atoms with Crippen molar-refractivity contribution in [3.8, 4) is 0 Å². The van der Waals surface area contributed by atoms with Crippen molar-refractivity contribution in [3.63, 3.8) is 0 Å². The Morgan fingerprint density at radius 2 is 2.36 bits per heavy atom. The molecule has 14 heavy (non-hydrogen) atoms. The van der Waals surface area contributed by atoms with E-state index in [1.165, 1.54) is 0 Å². The molecule has 76 valence electrons. The largest absolute Gasteiger partial charge is 0.464 e. The minimum atomic E-state index is -0.541. The molecule has 0 radical (unpaired) electrons. The van der Waals surface area contributed by atoms with Gasteiger partial charge in [0.25, 0.3) is 0 Å². The van der Waals surface area contributed by atoms with Crippen molar-refractivity contribution in [2.45, 2.75) is 25.4 Å². The van der Waals surface area contributed by atoms with E-state index in [9.17, 15) is 4.79 Å². The van der Waals surface area contributed by atoms with Gasteiger partial charge < -0.3 is 9.15 Å². The standard InChI is InChI=1S/C10H11IO3/c1-10(4-2-5-11)8-7(3-6-13-8)9(12)14-10/h3,6H,2,4-5H2,1H3. The van der Waals surface area contributed by atoms with E-state index in [2.05, 4.69) is 22.6 Å². The van der Waals surface area contributed by atoms with Crippen LogP contribution < -0.4 is 0 Å². The number of hydrogen-bond acceptors (Lipinski definition) is 3. The van der Waals surface area contributed by atoms with E-state index in [1.807, 2.05) is 6.92 Å². The van der Waals surface area contributed by atoms with Crippen LogP contribution in [0.15, 0.2) is 16.7 Å². The van der Waals surface area contributed by atoms with Gasteiger partial charge in [-0.25, -0.2) is 4.79 Å². The number of ether oxygens (including phenoxy) is 1. The lowest BCUT2D eigenvalue weighted by molar-refractivity contribution is -0.0119. The van der Waals surface area contributed by atoms with Crippen molar-refractivity contribution in [2.24, 2.45) is 0 Å². The molecule has 2 rings (SSSR count). The molecule has 4 heteroatoms. The zero-order valence-electron chi connectivity index (χ0n) is 7.88. The fourth-order valence-corrected chi connectivity index (χ4v) is 2.14. The molecule has 0 fully saturated rings. The van der Waals surface area contributed by atoms with Crippen LogP contribution in [0, 0.1) is 0 Å². The van der Waals surface area contributed by atoms with Crippen molar-refractivity contribution in [3.05, 3.63) is 23.7 Å². The number of alkyl halides is 1. The van der Waals surface area contributed by atoms with Gasteiger partial charge in [0, 0.05) is 0 Å². The Labute approximate surface area is 95.9 Å². The third kappa shape index (κ3) is 1.45. The summed E-state index contributed by atoms with van der Waals surface area (Å²) in [7, 11) is 0. The molecule has 1 atom stereocenters. The lowest BCUT2D eigenvalue weighted by atomic mass is 9.97. The second-order valence-electron chi connectivity index (χ2n) is 3.58. The van der Waals surface area contributed by atoms with E-state index in [0.29, 0.717) is 11.3 Å². The zero-order valence-corrected chi connectivity index (χ0v) is 10.0. The molecule has 0 saturated heterocycles. The number of fused-ring (bicyclic) bond motifs is 1. The van der Waals surface area contributed by atoms with Gasteiger partial charge in [-0.05, 0) is 30.3 Å². The molecule has 0 spiro atoms. The third-order valence-electron chi connectivity index (χ3n) is 2.47. The predicted molar refractivity (Wildman–Crippen MR) is 59.6 cm³/mol. The number of cyclic esters (lactones) is 1. The van der Waals surface area contributed by atoms with E-state index in [1.54, 1.807) is 12.3 Å². The van der Waals surface area contributed by atoms with Gasteiger partial charge in [-0.2, -0.15) is 0 Å². The molecule has 1 aliphatic rings. The van der Waals surface area contributed by atoms with Crippen molar-refractivity contribution < 1.29 is 13.9 Å². The summed E-state index contributed by atoms with van der Waals surface area (Å²) in [5, 5.41) is 0. The van der Waals surface area contributed by atoms with Crippen molar-refractivity contribution in [2.75, 3.05) is 4.43 Å². The van der Waals surface area contributed by atoms with Gasteiger partial charge in [0.2, 0.25) is 0 Å². The van der Waals surface area contributed by atoms with Crippen LogP contribution in [-0.2, 0) is 10.3 Å². The summed E-state index contributed by atoms with van der Waals surface area (Å²) in [4.78, 5) is 11.4. The Hall–Kier alpha value is -0.520. The lowest BCUT2D eigenvalue weighted by Gasteiger charge is -2.21. The van der Waals surface area contributed by atoms with Crippen molar-refractivity contribution in [1.29, 1.82) is 0 Å². The Bertz CT molecular complexity index is 358. The average Bonchev–Trinajstić information content (AvgIpc) is 2.69. The van der Waals surface area contributed by atoms with Crippen LogP contribution in [0.1, 0.15) is 35.9 Å². The molecular formula is C10H11IO3. The first kappa shape index (κ1) is 10.0. The van der Waals surface area contributed by atoms with E-state index in [0.717, 1.165) is 17.3 Å². The lowest BCUT2D eigenvalue weighted by Crippen LogP contribution is -2.21. The van der Waals surface area contributed by atoms with E-state index < -0.39 is 5.60 Å². The first-order valence-electron chi connectivity index (χ1n) is 4.55. The average molecular weight is 306 g/mol.